The number of hydrogen-bond donors (Lipinski definition) is 2. The number of halogens is 1. The van der Waals surface area contributed by atoms with Gasteiger partial charge in [-0.25, -0.2) is 4.79 Å². The first-order valence-electron chi connectivity index (χ1n) is 9.01. The Kier molecular flexibility index (Phi) is 7.47. The second-order valence-electron chi connectivity index (χ2n) is 6.60. The van der Waals surface area contributed by atoms with E-state index in [-0.39, 0.29) is 16.8 Å². The van der Waals surface area contributed by atoms with E-state index < -0.39 is 17.9 Å². The number of benzene rings is 1. The summed E-state index contributed by atoms with van der Waals surface area (Å²) >= 11 is 6.07. The molecule has 2 amide bonds. The summed E-state index contributed by atoms with van der Waals surface area (Å²) in [6.45, 7) is 2.89. The number of piperidine rings is 1. The Hall–Kier alpha value is -2.28. The summed E-state index contributed by atoms with van der Waals surface area (Å²) in [5.74, 6) is -1.52. The number of carbonyl (C=O) groups excluding carboxylic acids is 2. The molecular weight excluding hydrogens is 372 g/mol. The first kappa shape index (κ1) is 21.0. The maximum atomic E-state index is 12.7. The summed E-state index contributed by atoms with van der Waals surface area (Å²) in [6, 6.07) is 3.37. The third-order valence-corrected chi connectivity index (χ3v) is 4.95. The summed E-state index contributed by atoms with van der Waals surface area (Å²) in [5.41, 5.74) is 0.358. The molecule has 0 aliphatic carbocycles. The molecule has 2 rings (SSSR count). The minimum absolute atomic E-state index is 0.0340. The van der Waals surface area contributed by atoms with Crippen molar-refractivity contribution in [2.24, 2.45) is 5.92 Å². The Morgan fingerprint density at radius 1 is 1.41 bits per heavy atom. The first-order chi connectivity index (χ1) is 12.9. The quantitative estimate of drug-likeness (QED) is 0.738. The molecule has 8 heteroatoms. The molecular formula is C19H25ClN2O5. The highest BCUT2D eigenvalue weighted by atomic mass is 35.5. The van der Waals surface area contributed by atoms with Crippen LogP contribution in [0.25, 0.3) is 0 Å². The van der Waals surface area contributed by atoms with E-state index in [1.165, 1.54) is 13.2 Å². The van der Waals surface area contributed by atoms with E-state index in [1.54, 1.807) is 17.0 Å². The summed E-state index contributed by atoms with van der Waals surface area (Å²) in [6.07, 6.45) is 2.55. The molecule has 1 aromatic carbocycles. The van der Waals surface area contributed by atoms with Crippen LogP contribution in [0.3, 0.4) is 0 Å². The van der Waals surface area contributed by atoms with Gasteiger partial charge >= 0.3 is 5.97 Å². The number of methoxy groups -OCH3 is 1. The van der Waals surface area contributed by atoms with E-state index in [1.807, 2.05) is 6.92 Å². The number of nitrogens with zero attached hydrogens (tertiary/aromatic N) is 1. The highest BCUT2D eigenvalue weighted by molar-refractivity contribution is 6.32. The zero-order valence-electron chi connectivity index (χ0n) is 15.5. The normalized spacial score (nSPS) is 17.9. The molecule has 1 heterocycles. The van der Waals surface area contributed by atoms with Crippen LogP contribution < -0.4 is 10.1 Å². The predicted octanol–water partition coefficient (Wildman–Crippen LogP) is 2.63. The molecule has 0 bridgehead atoms. The monoisotopic (exact) mass is 396 g/mol. The van der Waals surface area contributed by atoms with Gasteiger partial charge in [-0.1, -0.05) is 24.6 Å². The van der Waals surface area contributed by atoms with E-state index in [0.29, 0.717) is 37.2 Å². The molecule has 1 aliphatic heterocycles. The number of hydrogen-bond acceptors (Lipinski definition) is 4. The van der Waals surface area contributed by atoms with Crippen LogP contribution in [0.5, 0.6) is 5.75 Å². The molecule has 0 saturated carbocycles. The Labute approximate surface area is 163 Å². The molecule has 1 aliphatic rings. The minimum Gasteiger partial charge on any atom is -0.495 e. The number of likely N-dealkylation sites (tertiary alicyclic amines) is 1. The van der Waals surface area contributed by atoms with Crippen molar-refractivity contribution in [1.82, 2.24) is 10.2 Å². The van der Waals surface area contributed by atoms with Crippen molar-refractivity contribution in [2.45, 2.75) is 38.6 Å². The second kappa shape index (κ2) is 9.60. The van der Waals surface area contributed by atoms with E-state index in [4.69, 9.17) is 16.3 Å². The maximum absolute atomic E-state index is 12.7. The van der Waals surface area contributed by atoms with Gasteiger partial charge in [0.15, 0.2) is 6.04 Å². The number of rotatable bonds is 7. The van der Waals surface area contributed by atoms with Crippen LogP contribution in [0.2, 0.25) is 5.02 Å². The topological polar surface area (TPSA) is 95.9 Å². The highest BCUT2D eigenvalue weighted by Crippen LogP contribution is 2.28. The van der Waals surface area contributed by atoms with Crippen LogP contribution in [-0.2, 0) is 14.4 Å². The third-order valence-electron chi connectivity index (χ3n) is 4.65. The molecule has 0 aromatic heterocycles. The molecule has 2 atom stereocenters. The summed E-state index contributed by atoms with van der Waals surface area (Å²) in [7, 11) is 1.46. The molecule has 2 unspecified atom stereocenters. The van der Waals surface area contributed by atoms with Crippen LogP contribution >= 0.6 is 11.6 Å². The number of nitrogens with one attached hydrogen (secondary N) is 1. The molecule has 148 valence electrons. The van der Waals surface area contributed by atoms with Crippen molar-refractivity contribution in [3.63, 3.8) is 0 Å². The van der Waals surface area contributed by atoms with Crippen LogP contribution in [0, 0.1) is 5.92 Å². The molecule has 1 fully saturated rings. The third kappa shape index (κ3) is 5.35. The van der Waals surface area contributed by atoms with Gasteiger partial charge < -0.3 is 20.1 Å². The van der Waals surface area contributed by atoms with Crippen molar-refractivity contribution in [3.05, 3.63) is 28.8 Å². The number of amides is 2. The van der Waals surface area contributed by atoms with Crippen molar-refractivity contribution in [2.75, 3.05) is 20.2 Å². The largest absolute Gasteiger partial charge is 0.495 e. The fraction of sp³-hybridized carbons (Fsp3) is 0.526. The van der Waals surface area contributed by atoms with E-state index in [0.717, 1.165) is 12.8 Å². The van der Waals surface area contributed by atoms with Gasteiger partial charge in [0.05, 0.1) is 18.1 Å². The number of carbonyl (C=O) groups is 3. The molecule has 1 aromatic rings. The second-order valence-corrected chi connectivity index (χ2v) is 7.01. The van der Waals surface area contributed by atoms with Gasteiger partial charge in [0.1, 0.15) is 5.75 Å². The fourth-order valence-electron chi connectivity index (χ4n) is 3.20. The number of ether oxygens (including phenoxy) is 1. The summed E-state index contributed by atoms with van der Waals surface area (Å²) in [4.78, 5) is 38.1. The zero-order valence-corrected chi connectivity index (χ0v) is 16.3. The predicted molar refractivity (Wildman–Crippen MR) is 101 cm³/mol. The molecule has 1 saturated heterocycles. The average molecular weight is 397 g/mol. The lowest BCUT2D eigenvalue weighted by Gasteiger charge is -2.32. The minimum atomic E-state index is -1.22. The van der Waals surface area contributed by atoms with Crippen LogP contribution in [0.15, 0.2) is 18.2 Å². The smallest absolute Gasteiger partial charge is 0.330 e. The van der Waals surface area contributed by atoms with Crippen LogP contribution in [0.4, 0.5) is 0 Å². The van der Waals surface area contributed by atoms with Crippen molar-refractivity contribution in [1.29, 1.82) is 0 Å². The molecule has 0 radical (unpaired) electrons. The summed E-state index contributed by atoms with van der Waals surface area (Å²) in [5, 5.41) is 12.4. The molecule has 7 nitrogen and oxygen atoms in total. The summed E-state index contributed by atoms with van der Waals surface area (Å²) < 4.78 is 5.07. The van der Waals surface area contributed by atoms with E-state index >= 15 is 0 Å². The SMILES string of the molecule is CCCC(=O)N1CCCC(C(=O)NC(C(=O)O)c2ccc(OC)c(Cl)c2)C1. The van der Waals surface area contributed by atoms with Gasteiger partial charge in [0.2, 0.25) is 11.8 Å². The van der Waals surface area contributed by atoms with Gasteiger partial charge in [-0.15, -0.1) is 0 Å². The van der Waals surface area contributed by atoms with Gasteiger partial charge in [-0.2, -0.15) is 0 Å². The maximum Gasteiger partial charge on any atom is 0.330 e. The highest BCUT2D eigenvalue weighted by Gasteiger charge is 2.31. The lowest BCUT2D eigenvalue weighted by molar-refractivity contribution is -0.144. The number of carboxylic acid groups (broad SMARTS) is 1. The average Bonchev–Trinajstić information content (AvgIpc) is 2.66. The Balaban J connectivity index is 2.09. The van der Waals surface area contributed by atoms with Crippen molar-refractivity contribution < 1.29 is 24.2 Å². The van der Waals surface area contributed by atoms with Gasteiger partial charge in [-0.3, -0.25) is 9.59 Å². The van der Waals surface area contributed by atoms with Gasteiger partial charge in [0, 0.05) is 19.5 Å². The fourth-order valence-corrected chi connectivity index (χ4v) is 3.47. The van der Waals surface area contributed by atoms with Crippen molar-refractivity contribution in [3.8, 4) is 5.75 Å². The van der Waals surface area contributed by atoms with Gasteiger partial charge in [0.25, 0.3) is 0 Å². The number of carboxylic acids is 1. The van der Waals surface area contributed by atoms with Crippen LogP contribution in [-0.4, -0.2) is 48.0 Å². The number of aliphatic carboxylic acids is 1. The van der Waals surface area contributed by atoms with E-state index in [2.05, 4.69) is 5.32 Å². The zero-order chi connectivity index (χ0) is 20.0. The Bertz CT molecular complexity index is 709. The van der Waals surface area contributed by atoms with E-state index in [9.17, 15) is 19.5 Å². The van der Waals surface area contributed by atoms with Gasteiger partial charge in [-0.05, 0) is 37.0 Å². The Morgan fingerprint density at radius 2 is 2.15 bits per heavy atom. The Morgan fingerprint density at radius 3 is 2.74 bits per heavy atom. The molecule has 2 N–H and O–H groups in total. The lowest BCUT2D eigenvalue weighted by Crippen LogP contribution is -2.47. The molecule has 0 spiro atoms. The van der Waals surface area contributed by atoms with Crippen LogP contribution in [0.1, 0.15) is 44.2 Å². The molecule has 27 heavy (non-hydrogen) atoms. The lowest BCUT2D eigenvalue weighted by atomic mass is 9.95. The standard InChI is InChI=1S/C19H25ClN2O5/c1-3-5-16(23)22-9-4-6-13(11-22)18(24)21-17(19(25)26)12-7-8-15(27-2)14(20)10-12/h7-8,10,13,17H,3-6,9,11H2,1-2H3,(H,21,24)(H,25,26). The first-order valence-corrected chi connectivity index (χ1v) is 9.39. The van der Waals surface area contributed by atoms with Crippen molar-refractivity contribution >= 4 is 29.4 Å².